The Kier molecular flexibility index (Phi) is 2.63. The molecular formula is C10H15N3O. The van der Waals surface area contributed by atoms with Gasteiger partial charge in [0, 0.05) is 18.8 Å². The Morgan fingerprint density at radius 3 is 3.14 bits per heavy atom. The second kappa shape index (κ2) is 3.92. The molecule has 0 bridgehead atoms. The van der Waals surface area contributed by atoms with Crippen molar-refractivity contribution in [1.82, 2.24) is 15.1 Å². The van der Waals surface area contributed by atoms with Crippen LogP contribution in [0.15, 0.2) is 12.3 Å². The average Bonchev–Trinajstić information content (AvgIpc) is 2.90. The van der Waals surface area contributed by atoms with Crippen LogP contribution < -0.4 is 5.32 Å². The number of rotatable bonds is 5. The summed E-state index contributed by atoms with van der Waals surface area (Å²) in [4.78, 5) is 11.7. The van der Waals surface area contributed by atoms with Gasteiger partial charge in [0.25, 0.3) is 0 Å². The fourth-order valence-electron chi connectivity index (χ4n) is 1.44. The van der Waals surface area contributed by atoms with Crippen LogP contribution in [-0.2, 0) is 6.54 Å². The van der Waals surface area contributed by atoms with Crippen LogP contribution in [0.3, 0.4) is 0 Å². The van der Waals surface area contributed by atoms with Crippen LogP contribution in [0.1, 0.15) is 30.3 Å². The molecular weight excluding hydrogens is 178 g/mol. The van der Waals surface area contributed by atoms with Gasteiger partial charge in [0.15, 0.2) is 5.78 Å². The van der Waals surface area contributed by atoms with Crippen molar-refractivity contribution in [2.45, 2.75) is 32.4 Å². The molecule has 1 aromatic heterocycles. The zero-order chi connectivity index (χ0) is 9.97. The Morgan fingerprint density at radius 2 is 2.50 bits per heavy atom. The lowest BCUT2D eigenvalue weighted by molar-refractivity contribution is 0.0980. The first-order chi connectivity index (χ1) is 6.81. The summed E-state index contributed by atoms with van der Waals surface area (Å²) in [5, 5.41) is 7.27. The van der Waals surface area contributed by atoms with E-state index in [0.717, 1.165) is 6.54 Å². The van der Waals surface area contributed by atoms with Gasteiger partial charge in [0.2, 0.25) is 0 Å². The van der Waals surface area contributed by atoms with Crippen LogP contribution >= 0.6 is 0 Å². The van der Waals surface area contributed by atoms with Crippen molar-refractivity contribution >= 4 is 5.78 Å². The fraction of sp³-hybridized carbons (Fsp3) is 0.600. The van der Waals surface area contributed by atoms with Gasteiger partial charge in [-0.25, -0.2) is 0 Å². The van der Waals surface area contributed by atoms with Crippen molar-refractivity contribution in [3.8, 4) is 0 Å². The number of carbonyl (C=O) groups excluding carboxylic acids is 1. The molecule has 0 unspecified atom stereocenters. The van der Waals surface area contributed by atoms with Crippen molar-refractivity contribution < 1.29 is 4.79 Å². The summed E-state index contributed by atoms with van der Waals surface area (Å²) in [6.07, 6.45) is 4.09. The number of carbonyl (C=O) groups is 1. The molecule has 4 nitrogen and oxygen atoms in total. The quantitative estimate of drug-likeness (QED) is 0.705. The predicted molar refractivity (Wildman–Crippen MR) is 53.3 cm³/mol. The highest BCUT2D eigenvalue weighted by Crippen LogP contribution is 2.18. The van der Waals surface area contributed by atoms with E-state index in [1.807, 2.05) is 6.92 Å². The van der Waals surface area contributed by atoms with E-state index in [1.165, 1.54) is 12.8 Å². The van der Waals surface area contributed by atoms with Gasteiger partial charge in [-0.3, -0.25) is 9.48 Å². The minimum Gasteiger partial charge on any atom is -0.307 e. The van der Waals surface area contributed by atoms with Crippen molar-refractivity contribution in [2.24, 2.45) is 0 Å². The first-order valence-corrected chi connectivity index (χ1v) is 5.09. The number of hydrogen-bond donors (Lipinski definition) is 1. The first-order valence-electron chi connectivity index (χ1n) is 5.09. The van der Waals surface area contributed by atoms with E-state index in [1.54, 1.807) is 16.9 Å². The number of hydrogen-bond acceptors (Lipinski definition) is 3. The van der Waals surface area contributed by atoms with Crippen LogP contribution in [0.5, 0.6) is 0 Å². The van der Waals surface area contributed by atoms with E-state index in [0.29, 0.717) is 18.3 Å². The van der Waals surface area contributed by atoms with E-state index in [2.05, 4.69) is 10.4 Å². The molecule has 1 saturated carbocycles. The van der Waals surface area contributed by atoms with Crippen molar-refractivity contribution in [3.05, 3.63) is 18.0 Å². The summed E-state index contributed by atoms with van der Waals surface area (Å²) in [6.45, 7) is 3.17. The molecule has 1 aromatic rings. The highest BCUT2D eigenvalue weighted by atomic mass is 16.1. The minimum absolute atomic E-state index is 0.135. The van der Waals surface area contributed by atoms with E-state index >= 15 is 0 Å². The molecule has 0 spiro atoms. The number of aromatic nitrogens is 2. The molecule has 76 valence electrons. The predicted octanol–water partition coefficient (Wildman–Crippen LogP) is 0.838. The highest BCUT2D eigenvalue weighted by Gasteiger charge is 2.22. The lowest BCUT2D eigenvalue weighted by Gasteiger charge is -2.04. The summed E-state index contributed by atoms with van der Waals surface area (Å²) in [6, 6.07) is 2.36. The summed E-state index contributed by atoms with van der Waals surface area (Å²) in [5.74, 6) is 0.135. The maximum absolute atomic E-state index is 11.7. The Morgan fingerprint density at radius 1 is 1.71 bits per heavy atom. The summed E-state index contributed by atoms with van der Waals surface area (Å²) in [5.41, 5.74) is 0.709. The molecule has 0 atom stereocenters. The SMILES string of the molecule is CCn1nccc1C(=O)CNC1CC1. The van der Waals surface area contributed by atoms with Crippen molar-refractivity contribution in [3.63, 3.8) is 0 Å². The highest BCUT2D eigenvalue weighted by molar-refractivity contribution is 5.96. The molecule has 0 saturated heterocycles. The van der Waals surface area contributed by atoms with Crippen LogP contribution in [0.4, 0.5) is 0 Å². The van der Waals surface area contributed by atoms with Gasteiger partial charge in [0.1, 0.15) is 5.69 Å². The molecule has 1 fully saturated rings. The Hall–Kier alpha value is -1.16. The molecule has 0 aliphatic heterocycles. The summed E-state index contributed by atoms with van der Waals surface area (Å²) in [7, 11) is 0. The third kappa shape index (κ3) is 2.01. The van der Waals surface area contributed by atoms with Gasteiger partial charge in [-0.2, -0.15) is 5.10 Å². The Bertz CT molecular complexity index is 328. The zero-order valence-electron chi connectivity index (χ0n) is 8.36. The smallest absolute Gasteiger partial charge is 0.194 e. The second-order valence-electron chi connectivity index (χ2n) is 3.61. The number of Topliss-reactive ketones (excluding diaryl/α,β-unsaturated/α-hetero) is 1. The Labute approximate surface area is 83.3 Å². The van der Waals surface area contributed by atoms with Crippen molar-refractivity contribution in [1.29, 1.82) is 0 Å². The van der Waals surface area contributed by atoms with Crippen LogP contribution in [-0.4, -0.2) is 28.2 Å². The molecule has 2 rings (SSSR count). The third-order valence-corrected chi connectivity index (χ3v) is 2.43. The normalized spacial score (nSPS) is 15.8. The lowest BCUT2D eigenvalue weighted by Crippen LogP contribution is -2.26. The van der Waals surface area contributed by atoms with Crippen LogP contribution in [0.25, 0.3) is 0 Å². The van der Waals surface area contributed by atoms with Gasteiger partial charge in [0.05, 0.1) is 6.54 Å². The monoisotopic (exact) mass is 193 g/mol. The molecule has 1 N–H and O–H groups in total. The van der Waals surface area contributed by atoms with E-state index < -0.39 is 0 Å². The molecule has 14 heavy (non-hydrogen) atoms. The van der Waals surface area contributed by atoms with Gasteiger partial charge < -0.3 is 5.32 Å². The lowest BCUT2D eigenvalue weighted by atomic mass is 10.3. The largest absolute Gasteiger partial charge is 0.307 e. The van der Waals surface area contributed by atoms with Gasteiger partial charge >= 0.3 is 0 Å². The molecule has 0 aromatic carbocycles. The van der Waals surface area contributed by atoms with Crippen LogP contribution in [0, 0.1) is 0 Å². The standard InChI is InChI=1S/C10H15N3O/c1-2-13-9(5-6-12-13)10(14)7-11-8-3-4-8/h5-6,8,11H,2-4,7H2,1H3. The Balaban J connectivity index is 1.94. The zero-order valence-corrected chi connectivity index (χ0v) is 8.36. The molecule has 4 heteroatoms. The van der Waals surface area contributed by atoms with Crippen molar-refractivity contribution in [2.75, 3.05) is 6.54 Å². The van der Waals surface area contributed by atoms with E-state index in [4.69, 9.17) is 0 Å². The third-order valence-electron chi connectivity index (χ3n) is 2.43. The molecule has 0 amide bonds. The average molecular weight is 193 g/mol. The maximum atomic E-state index is 11.7. The van der Waals surface area contributed by atoms with Gasteiger partial charge in [-0.15, -0.1) is 0 Å². The van der Waals surface area contributed by atoms with Crippen LogP contribution in [0.2, 0.25) is 0 Å². The number of aryl methyl sites for hydroxylation is 1. The number of ketones is 1. The summed E-state index contributed by atoms with van der Waals surface area (Å²) < 4.78 is 1.73. The molecule has 1 heterocycles. The molecule has 0 radical (unpaired) electrons. The van der Waals surface area contributed by atoms with E-state index in [9.17, 15) is 4.79 Å². The van der Waals surface area contributed by atoms with Gasteiger partial charge in [-0.05, 0) is 25.8 Å². The first kappa shape index (κ1) is 9.40. The van der Waals surface area contributed by atoms with Gasteiger partial charge in [-0.1, -0.05) is 0 Å². The maximum Gasteiger partial charge on any atom is 0.194 e. The summed E-state index contributed by atoms with van der Waals surface area (Å²) >= 11 is 0. The fourth-order valence-corrected chi connectivity index (χ4v) is 1.44. The number of nitrogens with one attached hydrogen (secondary N) is 1. The molecule has 1 aliphatic rings. The minimum atomic E-state index is 0.135. The second-order valence-corrected chi connectivity index (χ2v) is 3.61. The topological polar surface area (TPSA) is 46.9 Å². The van der Waals surface area contributed by atoms with E-state index in [-0.39, 0.29) is 5.78 Å². The number of nitrogens with zero attached hydrogens (tertiary/aromatic N) is 2. The molecule has 1 aliphatic carbocycles.